The number of aromatic amines is 5. The van der Waals surface area contributed by atoms with Crippen LogP contribution in [0, 0.1) is 5.41 Å². The van der Waals surface area contributed by atoms with Crippen LogP contribution in [0.25, 0.3) is 34.2 Å². The Bertz CT molecular complexity index is 5650. The van der Waals surface area contributed by atoms with E-state index in [4.69, 9.17) is 25.8 Å². The number of nitrogens with two attached hydrogens (primary N) is 1. The third-order valence-electron chi connectivity index (χ3n) is 20.6. The number of nitrogens with zero attached hydrogens (tertiary/aromatic N) is 19. The molecule has 0 atom stereocenters. The normalized spacial score (nSPS) is 13.8. The van der Waals surface area contributed by atoms with Crippen molar-refractivity contribution in [2.45, 2.75) is 148 Å². The monoisotopic (exact) mass is 1730 g/mol. The number of hydrogen-bond acceptors (Lipinski definition) is 33. The molecule has 15 N–H and O–H groups in total. The molecule has 13 aromatic rings. The van der Waals surface area contributed by atoms with Crippen molar-refractivity contribution >= 4 is 71.8 Å². The summed E-state index contributed by atoms with van der Waals surface area (Å²) in [7, 11) is 0. The topological polar surface area (TPSA) is 570 Å². The first-order valence-corrected chi connectivity index (χ1v) is 40.9. The zero-order valence-electron chi connectivity index (χ0n) is 69.2. The maximum Gasteiger partial charge on any atom is 0.315 e. The maximum atomic E-state index is 12.7. The lowest BCUT2D eigenvalue weighted by Crippen LogP contribution is -2.37. The fourth-order valence-corrected chi connectivity index (χ4v) is 14.7. The van der Waals surface area contributed by atoms with Crippen molar-refractivity contribution in [3.05, 3.63) is 237 Å². The summed E-state index contributed by atoms with van der Waals surface area (Å²) in [5.74, 6) is 7.69. The maximum absolute atomic E-state index is 12.7. The number of carboxylic acid groups (broad SMARTS) is 1. The van der Waals surface area contributed by atoms with Gasteiger partial charge in [0.1, 0.15) is 42.4 Å². The van der Waals surface area contributed by atoms with E-state index in [2.05, 4.69) is 245 Å². The molecular weight excluding hydrogens is 1640 g/mol. The molecule has 4 aromatic carbocycles. The van der Waals surface area contributed by atoms with Gasteiger partial charge in [-0.25, -0.2) is 60.7 Å². The number of halogens is 1. The number of esters is 2. The van der Waals surface area contributed by atoms with Crippen LogP contribution >= 0.6 is 12.4 Å². The number of fused-ring (bicyclic) bond motifs is 6. The Hall–Kier alpha value is -14.9. The van der Waals surface area contributed by atoms with Crippen molar-refractivity contribution in [3.63, 3.8) is 0 Å². The van der Waals surface area contributed by atoms with Crippen molar-refractivity contribution in [2.24, 2.45) is 5.84 Å². The predicted molar refractivity (Wildman–Crippen MR) is 461 cm³/mol. The summed E-state index contributed by atoms with van der Waals surface area (Å²) in [4.78, 5) is 106. The molecule has 0 saturated carbocycles. The fraction of sp³-hybridized carbons (Fsp3) is 0.333. The first kappa shape index (κ1) is 88.9. The SMILES string of the molecule is C1Cc2n[nH]nc2CN1.CCOC(=N)CC(=O)OCC.CCOC(=O)Cc1nc(-c2cnc(NC3Cc4ccccc4C3)nc2)n[nH]1.Cl.NNC(=O)c1cnc(NC2Cc3ccccc3C2)nc1.O=C(Cc1nc(-c2cnc(NC3Cc4ccccc4C3)nc2)n[nH]1)N1CCc2n[nH]nc2C1.O=C(O)Cc1nc(-c2cnc(NC3Cc4ccccc4C3)nc2)n[nH]1. The standard InChI is InChI=1S/C22H22N10O.C19H20N6O2.C17H16N6O2.C14H15N5O.C7H13NO3.C5H8N4.ClH/c33-20(32-6-5-17-18(12-32)28-31-27-17)9-19-26-21(30-29-19)15-10-23-22(24-11-15)25-16-7-13-3-1-2-4-14(13)8-16;1-2-27-17(26)9-16-23-18(25-24-16)14-10-20-19(21-11-14)22-15-7-12-5-3-4-6-13(12)8-15;24-15(25)7-14-21-16(23-22-14)12-8-18-17(19-9-12)20-13-5-10-3-1-2-4-11(10)6-13;15-19-13(20)11-7-16-14(17-8-11)18-12-5-9-3-1-2-4-10(9)6-12;1-3-10-6(8)5-7(9)11-4-2;1-2-6-3-5-4(1)7-9-8-5;/h1-4,10-11,16H,5-9,12H2,(H,23,24,25)(H,26,29,30)(H,27,28,31);3-6,10-11,15H,2,7-9H2,1H3,(H,20,21,22)(H,23,24,25);1-4,8-9,13H,5-7H2,(H,24,25)(H,18,19,20)(H,21,22,23);1-4,7-8,12H,5-6,15H2,(H,19,20)(H,16,17,18);8H,3-5H2,1-2H3;6H,1-3H2,(H,7,8,9);1H. The molecule has 0 radical (unpaired) electrons. The number of ether oxygens (including phenoxy) is 3. The zero-order chi connectivity index (χ0) is 86.8. The van der Waals surface area contributed by atoms with Crippen LogP contribution in [0.3, 0.4) is 0 Å². The number of nitrogens with one attached hydrogen (secondary N) is 12. The second-order valence-corrected chi connectivity index (χ2v) is 29.5. The van der Waals surface area contributed by atoms with Crippen LogP contribution in [0.2, 0.25) is 0 Å². The minimum Gasteiger partial charge on any atom is -0.481 e. The van der Waals surface area contributed by atoms with Crippen LogP contribution in [0.1, 0.15) is 122 Å². The summed E-state index contributed by atoms with van der Waals surface area (Å²) in [6, 6.07) is 34.9. The lowest BCUT2D eigenvalue weighted by Gasteiger charge is -2.24. The van der Waals surface area contributed by atoms with Gasteiger partial charge < -0.3 is 50.8 Å². The van der Waals surface area contributed by atoms with Gasteiger partial charge in [-0.1, -0.05) is 97.1 Å². The minimum atomic E-state index is -0.962. The Morgan fingerprint density at radius 1 is 0.452 bits per heavy atom. The van der Waals surface area contributed by atoms with E-state index in [1.54, 1.807) is 62.9 Å². The average Bonchev–Trinajstić information content (AvgIpc) is 1.69. The van der Waals surface area contributed by atoms with Crippen molar-refractivity contribution in [1.29, 1.82) is 5.41 Å². The molecule has 9 aromatic heterocycles. The van der Waals surface area contributed by atoms with E-state index in [9.17, 15) is 24.0 Å². The van der Waals surface area contributed by atoms with Crippen LogP contribution in [0.15, 0.2) is 147 Å². The Morgan fingerprint density at radius 3 is 1.17 bits per heavy atom. The van der Waals surface area contributed by atoms with Crippen LogP contribution in [0.4, 0.5) is 23.8 Å². The number of aliphatic carboxylic acids is 1. The molecule has 11 heterocycles. The van der Waals surface area contributed by atoms with E-state index < -0.39 is 17.8 Å². The largest absolute Gasteiger partial charge is 0.481 e. The number of rotatable bonds is 23. The van der Waals surface area contributed by atoms with E-state index in [0.717, 1.165) is 93.7 Å². The molecule has 0 unspecified atom stereocenters. The molecule has 0 bridgehead atoms. The molecule has 0 spiro atoms. The molecule has 2 aliphatic heterocycles. The van der Waals surface area contributed by atoms with Crippen LogP contribution in [-0.4, -0.2) is 219 Å². The first-order chi connectivity index (χ1) is 61.0. The third-order valence-corrected chi connectivity index (χ3v) is 20.6. The molecule has 41 nitrogen and oxygen atoms in total. The van der Waals surface area contributed by atoms with Gasteiger partial charge in [0.05, 0.1) is 72.1 Å². The number of carbonyl (C=O) groups is 5. The quantitative estimate of drug-likeness (QED) is 0.00873. The zero-order valence-corrected chi connectivity index (χ0v) is 70.0. The Kier molecular flexibility index (Phi) is 30.9. The molecule has 126 heavy (non-hydrogen) atoms. The van der Waals surface area contributed by atoms with E-state index in [1.807, 2.05) is 5.43 Å². The summed E-state index contributed by atoms with van der Waals surface area (Å²) in [5, 5.41) is 74.4. The van der Waals surface area contributed by atoms with E-state index >= 15 is 0 Å². The predicted octanol–water partition coefficient (Wildman–Crippen LogP) is 5.99. The molecule has 4 aliphatic carbocycles. The van der Waals surface area contributed by atoms with Gasteiger partial charge in [0.2, 0.25) is 29.7 Å². The number of H-pyrrole nitrogens is 5. The molecular formula is C84H95ClN32O9. The van der Waals surface area contributed by atoms with Gasteiger partial charge in [0.15, 0.2) is 23.4 Å². The molecule has 42 heteroatoms. The minimum absolute atomic E-state index is 0. The molecule has 6 aliphatic rings. The van der Waals surface area contributed by atoms with Crippen LogP contribution in [0.5, 0.6) is 0 Å². The highest BCUT2D eigenvalue weighted by Gasteiger charge is 2.29. The molecule has 2 amide bonds. The van der Waals surface area contributed by atoms with Crippen LogP contribution < -0.4 is 37.9 Å². The van der Waals surface area contributed by atoms with Crippen molar-refractivity contribution in [2.75, 3.05) is 54.2 Å². The number of amides is 2. The van der Waals surface area contributed by atoms with Crippen molar-refractivity contribution in [1.82, 2.24) is 132 Å². The number of benzene rings is 4. The lowest BCUT2D eigenvalue weighted by molar-refractivity contribution is -0.143. The molecule has 0 fully saturated rings. The summed E-state index contributed by atoms with van der Waals surface area (Å²) < 4.78 is 14.2. The van der Waals surface area contributed by atoms with Gasteiger partial charge in [0, 0.05) is 106 Å². The second-order valence-electron chi connectivity index (χ2n) is 29.5. The van der Waals surface area contributed by atoms with Crippen molar-refractivity contribution < 1.29 is 43.3 Å². The number of aromatic nitrogens is 23. The summed E-state index contributed by atoms with van der Waals surface area (Å²) in [6.07, 6.45) is 22.3. The highest BCUT2D eigenvalue weighted by Crippen LogP contribution is 2.29. The molecule has 0 saturated heterocycles. The second kappa shape index (κ2) is 43.8. The number of hydrazine groups is 1. The number of anilines is 4. The van der Waals surface area contributed by atoms with E-state index in [0.29, 0.717) is 132 Å². The number of hydrogen-bond donors (Lipinski definition) is 14. The third kappa shape index (κ3) is 24.7. The summed E-state index contributed by atoms with van der Waals surface area (Å²) in [6.45, 7) is 9.33. The average molecular weight is 1730 g/mol. The number of carbonyl (C=O) groups excluding carboxylic acids is 4. The van der Waals surface area contributed by atoms with Crippen molar-refractivity contribution in [3.8, 4) is 34.2 Å². The Labute approximate surface area is 727 Å². The first-order valence-electron chi connectivity index (χ1n) is 40.9. The van der Waals surface area contributed by atoms with E-state index in [-0.39, 0.29) is 67.9 Å². The van der Waals surface area contributed by atoms with Gasteiger partial charge in [-0.3, -0.25) is 50.1 Å². The van der Waals surface area contributed by atoms with Gasteiger partial charge >= 0.3 is 17.9 Å². The lowest BCUT2D eigenvalue weighted by atomic mass is 10.1. The number of carboxylic acids is 1. The Morgan fingerprint density at radius 2 is 0.802 bits per heavy atom. The van der Waals surface area contributed by atoms with Crippen LogP contribution in [-0.2, 0) is 130 Å². The summed E-state index contributed by atoms with van der Waals surface area (Å²) >= 11 is 0. The smallest absolute Gasteiger partial charge is 0.315 e. The van der Waals surface area contributed by atoms with Gasteiger partial charge in [0.25, 0.3) is 5.91 Å². The summed E-state index contributed by atoms with van der Waals surface area (Å²) in [5.41, 5.74) is 19.3. The highest BCUT2D eigenvalue weighted by molar-refractivity contribution is 5.93. The van der Waals surface area contributed by atoms with E-state index in [1.165, 1.54) is 56.9 Å². The number of nitrogen functional groups attached to an aromatic ring is 1. The van der Waals surface area contributed by atoms with Gasteiger partial charge in [-0.2, -0.15) is 46.1 Å². The highest BCUT2D eigenvalue weighted by atomic mass is 35.5. The fourth-order valence-electron chi connectivity index (χ4n) is 14.7. The molecule has 19 rings (SSSR count). The van der Waals surface area contributed by atoms with Gasteiger partial charge in [-0.05, 0) is 117 Å². The molecule has 652 valence electrons. The Balaban J connectivity index is 0.000000135. The van der Waals surface area contributed by atoms with Gasteiger partial charge in [-0.15, -0.1) is 12.4 Å².